The second kappa shape index (κ2) is 3.82. The van der Waals surface area contributed by atoms with Crippen LogP contribution in [0.1, 0.15) is 37.7 Å². The van der Waals surface area contributed by atoms with E-state index in [0.717, 1.165) is 25.9 Å². The third-order valence-electron chi connectivity index (χ3n) is 4.56. The van der Waals surface area contributed by atoms with Crippen molar-refractivity contribution in [2.45, 2.75) is 45.4 Å². The predicted octanol–water partition coefficient (Wildman–Crippen LogP) is 1.51. The van der Waals surface area contributed by atoms with Crippen molar-refractivity contribution in [3.8, 4) is 0 Å². The summed E-state index contributed by atoms with van der Waals surface area (Å²) in [6.45, 7) is 6.58. The summed E-state index contributed by atoms with van der Waals surface area (Å²) < 4.78 is 7.92. The zero-order chi connectivity index (χ0) is 12.0. The van der Waals surface area contributed by atoms with Crippen molar-refractivity contribution in [1.29, 1.82) is 0 Å². The van der Waals surface area contributed by atoms with Crippen LogP contribution in [0.5, 0.6) is 0 Å². The second-order valence-electron chi connectivity index (χ2n) is 5.77. The van der Waals surface area contributed by atoms with Crippen LogP contribution in [0.4, 0.5) is 0 Å². The number of hydrogen-bond donors (Lipinski definition) is 1. The molecule has 1 aromatic rings. The van der Waals surface area contributed by atoms with E-state index in [-0.39, 0.29) is 5.41 Å². The highest BCUT2D eigenvalue weighted by atomic mass is 16.5. The molecule has 2 atom stereocenters. The number of rotatable bonds is 2. The summed E-state index contributed by atoms with van der Waals surface area (Å²) >= 11 is 0. The van der Waals surface area contributed by atoms with Crippen molar-refractivity contribution in [3.05, 3.63) is 17.7 Å². The monoisotopic (exact) mass is 235 g/mol. The van der Waals surface area contributed by atoms with E-state index < -0.39 is 0 Å². The van der Waals surface area contributed by atoms with Gasteiger partial charge in [-0.15, -0.1) is 0 Å². The number of fused-ring (bicyclic) bond motifs is 1. The van der Waals surface area contributed by atoms with Crippen LogP contribution < -0.4 is 5.32 Å². The smallest absolute Gasteiger partial charge is 0.0955 e. The number of nitrogens with zero attached hydrogens (tertiary/aromatic N) is 2. The molecule has 0 amide bonds. The maximum absolute atomic E-state index is 5.53. The van der Waals surface area contributed by atoms with Crippen LogP contribution in [0.3, 0.4) is 0 Å². The molecule has 0 radical (unpaired) electrons. The minimum Gasteiger partial charge on any atom is -0.381 e. The van der Waals surface area contributed by atoms with Crippen LogP contribution in [-0.4, -0.2) is 29.3 Å². The molecule has 1 N–H and O–H groups in total. The van der Waals surface area contributed by atoms with E-state index >= 15 is 0 Å². The molecule has 1 fully saturated rings. The number of hydrogen-bond acceptors (Lipinski definition) is 3. The minimum absolute atomic E-state index is 0.216. The first kappa shape index (κ1) is 11.2. The summed E-state index contributed by atoms with van der Waals surface area (Å²) in [7, 11) is 1.82. The van der Waals surface area contributed by atoms with Gasteiger partial charge >= 0.3 is 0 Å². The zero-order valence-electron chi connectivity index (χ0n) is 10.9. The Morgan fingerprint density at radius 2 is 2.35 bits per heavy atom. The zero-order valence-corrected chi connectivity index (χ0v) is 10.9. The maximum Gasteiger partial charge on any atom is 0.0955 e. The lowest BCUT2D eigenvalue weighted by Crippen LogP contribution is -2.51. The Kier molecular flexibility index (Phi) is 2.52. The quantitative estimate of drug-likeness (QED) is 0.844. The molecule has 4 nitrogen and oxygen atoms in total. The Morgan fingerprint density at radius 3 is 3.06 bits per heavy atom. The topological polar surface area (TPSA) is 39.1 Å². The van der Waals surface area contributed by atoms with Gasteiger partial charge in [-0.25, -0.2) is 4.98 Å². The first-order valence-electron chi connectivity index (χ1n) is 6.42. The van der Waals surface area contributed by atoms with E-state index in [9.17, 15) is 0 Å². The number of imidazole rings is 1. The third-order valence-corrected chi connectivity index (χ3v) is 4.56. The highest BCUT2D eigenvalue weighted by molar-refractivity contribution is 5.19. The van der Waals surface area contributed by atoms with Gasteiger partial charge in [-0.2, -0.15) is 0 Å². The van der Waals surface area contributed by atoms with Gasteiger partial charge in [0.2, 0.25) is 0 Å². The van der Waals surface area contributed by atoms with E-state index in [4.69, 9.17) is 4.74 Å². The van der Waals surface area contributed by atoms with Gasteiger partial charge in [0.05, 0.1) is 18.1 Å². The van der Waals surface area contributed by atoms with Crippen LogP contribution in [0.15, 0.2) is 6.33 Å². The Morgan fingerprint density at radius 1 is 1.53 bits per heavy atom. The van der Waals surface area contributed by atoms with Gasteiger partial charge in [-0.3, -0.25) is 0 Å². The number of methoxy groups -OCH3 is 1. The molecule has 0 saturated heterocycles. The van der Waals surface area contributed by atoms with Gasteiger partial charge in [0.1, 0.15) is 0 Å². The molecule has 2 aliphatic rings. The van der Waals surface area contributed by atoms with Gasteiger partial charge in [0, 0.05) is 43.8 Å². The van der Waals surface area contributed by atoms with Crippen LogP contribution >= 0.6 is 0 Å². The van der Waals surface area contributed by atoms with Crippen LogP contribution in [0, 0.1) is 5.41 Å². The molecule has 2 heterocycles. The van der Waals surface area contributed by atoms with Crippen molar-refractivity contribution in [1.82, 2.24) is 14.9 Å². The molecule has 1 aliphatic heterocycles. The fourth-order valence-electron chi connectivity index (χ4n) is 3.26. The minimum atomic E-state index is 0.216. The summed E-state index contributed by atoms with van der Waals surface area (Å²) in [4.78, 5) is 4.54. The number of nitrogens with one attached hydrogen (secondary N) is 1. The van der Waals surface area contributed by atoms with Gasteiger partial charge in [0.15, 0.2) is 0 Å². The molecule has 94 valence electrons. The molecule has 1 aliphatic carbocycles. The van der Waals surface area contributed by atoms with Gasteiger partial charge < -0.3 is 14.6 Å². The summed E-state index contributed by atoms with van der Waals surface area (Å²) in [6.07, 6.45) is 4.61. The Balaban J connectivity index is 1.89. The Hall–Kier alpha value is -0.870. The SMILES string of the molecule is COC1CC(n2cnc3c2CCNC3)C1(C)C. The standard InChI is InChI=1S/C13H21N3O/c1-13(2)11(6-12(13)17-3)16-8-15-9-7-14-5-4-10(9)16/h8,11-12,14H,4-7H2,1-3H3. The number of ether oxygens (including phenoxy) is 1. The number of aromatic nitrogens is 2. The van der Waals surface area contributed by atoms with E-state index in [1.165, 1.54) is 11.4 Å². The van der Waals surface area contributed by atoms with E-state index in [2.05, 4.69) is 28.7 Å². The molecule has 1 aromatic heterocycles. The van der Waals surface area contributed by atoms with E-state index in [0.29, 0.717) is 12.1 Å². The molecule has 0 aromatic carbocycles. The first-order chi connectivity index (χ1) is 8.14. The fourth-order valence-corrected chi connectivity index (χ4v) is 3.26. The lowest BCUT2D eigenvalue weighted by atomic mass is 9.64. The van der Waals surface area contributed by atoms with Crippen molar-refractivity contribution in [2.75, 3.05) is 13.7 Å². The normalized spacial score (nSPS) is 30.8. The van der Waals surface area contributed by atoms with Crippen LogP contribution in [0.2, 0.25) is 0 Å². The van der Waals surface area contributed by atoms with Crippen molar-refractivity contribution >= 4 is 0 Å². The van der Waals surface area contributed by atoms with E-state index in [1.54, 1.807) is 0 Å². The molecule has 0 spiro atoms. The second-order valence-corrected chi connectivity index (χ2v) is 5.77. The highest BCUT2D eigenvalue weighted by Crippen LogP contribution is 2.51. The Labute approximate surface area is 102 Å². The maximum atomic E-state index is 5.53. The highest BCUT2D eigenvalue weighted by Gasteiger charge is 2.50. The van der Waals surface area contributed by atoms with Crippen molar-refractivity contribution in [3.63, 3.8) is 0 Å². The lowest BCUT2D eigenvalue weighted by molar-refractivity contribution is -0.113. The lowest BCUT2D eigenvalue weighted by Gasteiger charge is -2.52. The molecular weight excluding hydrogens is 214 g/mol. The predicted molar refractivity (Wildman–Crippen MR) is 65.9 cm³/mol. The third kappa shape index (κ3) is 1.54. The van der Waals surface area contributed by atoms with Crippen LogP contribution in [0.25, 0.3) is 0 Å². The molecule has 17 heavy (non-hydrogen) atoms. The van der Waals surface area contributed by atoms with Crippen molar-refractivity contribution in [2.24, 2.45) is 5.41 Å². The fraction of sp³-hybridized carbons (Fsp3) is 0.769. The molecule has 4 heteroatoms. The molecule has 0 bridgehead atoms. The molecular formula is C13H21N3O. The summed E-state index contributed by atoms with van der Waals surface area (Å²) in [6, 6.07) is 0.543. The summed E-state index contributed by atoms with van der Waals surface area (Å²) in [5.74, 6) is 0. The van der Waals surface area contributed by atoms with E-state index in [1.807, 2.05) is 13.4 Å². The average molecular weight is 235 g/mol. The van der Waals surface area contributed by atoms with Gasteiger partial charge in [0.25, 0.3) is 0 Å². The first-order valence-corrected chi connectivity index (χ1v) is 6.42. The average Bonchev–Trinajstić information content (AvgIpc) is 2.72. The largest absolute Gasteiger partial charge is 0.381 e. The van der Waals surface area contributed by atoms with Crippen molar-refractivity contribution < 1.29 is 4.74 Å². The van der Waals surface area contributed by atoms with Crippen LogP contribution in [-0.2, 0) is 17.7 Å². The molecule has 2 unspecified atom stereocenters. The molecule has 3 rings (SSSR count). The van der Waals surface area contributed by atoms with Gasteiger partial charge in [-0.1, -0.05) is 13.8 Å². The summed E-state index contributed by atoms with van der Waals surface area (Å²) in [5, 5.41) is 3.37. The van der Waals surface area contributed by atoms with Gasteiger partial charge in [-0.05, 0) is 6.42 Å². The Bertz CT molecular complexity index is 424. The summed E-state index contributed by atoms with van der Waals surface area (Å²) in [5.41, 5.74) is 2.87. The molecule has 1 saturated carbocycles.